The maximum absolute atomic E-state index is 3.70. The van der Waals surface area contributed by atoms with Gasteiger partial charge in [-0.25, -0.2) is 0 Å². The third-order valence-corrected chi connectivity index (χ3v) is 5.41. The quantitative estimate of drug-likeness (QED) is 0.751. The molecule has 1 aromatic rings. The van der Waals surface area contributed by atoms with Gasteiger partial charge >= 0.3 is 0 Å². The summed E-state index contributed by atoms with van der Waals surface area (Å²) in [4.78, 5) is 0. The standard InChI is InChI=1S/C19H29N/c1-2-20-19(14-15-6-3-4-7-15)18-12-10-17(11-13-18)16-8-5-9-16/h10-13,15-16,19-20H,2-9,14H2,1H3. The third kappa shape index (κ3) is 3.25. The van der Waals surface area contributed by atoms with Crippen LogP contribution in [0.25, 0.3) is 0 Å². The summed E-state index contributed by atoms with van der Waals surface area (Å²) in [5, 5.41) is 3.70. The highest BCUT2D eigenvalue weighted by atomic mass is 14.9. The Balaban J connectivity index is 1.65. The minimum absolute atomic E-state index is 0.568. The van der Waals surface area contributed by atoms with Crippen molar-refractivity contribution in [1.29, 1.82) is 0 Å². The van der Waals surface area contributed by atoms with E-state index in [1.165, 1.54) is 56.9 Å². The molecule has 20 heavy (non-hydrogen) atoms. The monoisotopic (exact) mass is 271 g/mol. The van der Waals surface area contributed by atoms with Crippen LogP contribution in [0, 0.1) is 5.92 Å². The molecule has 2 fully saturated rings. The zero-order chi connectivity index (χ0) is 13.8. The van der Waals surface area contributed by atoms with Gasteiger partial charge < -0.3 is 5.32 Å². The molecule has 1 N–H and O–H groups in total. The Hall–Kier alpha value is -0.820. The average Bonchev–Trinajstić information content (AvgIpc) is 2.90. The Labute approximate surface area is 124 Å². The number of benzene rings is 1. The molecular formula is C19H29N. The molecular weight excluding hydrogens is 242 g/mol. The molecule has 110 valence electrons. The zero-order valence-corrected chi connectivity index (χ0v) is 12.9. The molecule has 1 nitrogen and oxygen atoms in total. The molecule has 1 unspecified atom stereocenters. The molecule has 1 atom stereocenters. The Morgan fingerprint density at radius 3 is 2.25 bits per heavy atom. The molecule has 2 aliphatic carbocycles. The van der Waals surface area contributed by atoms with E-state index in [9.17, 15) is 0 Å². The second-order valence-corrected chi connectivity index (χ2v) is 6.79. The SMILES string of the molecule is CCNC(CC1CCCC1)c1ccc(C2CCC2)cc1. The van der Waals surface area contributed by atoms with Crippen molar-refractivity contribution in [2.24, 2.45) is 5.92 Å². The molecule has 0 aliphatic heterocycles. The lowest BCUT2D eigenvalue weighted by molar-refractivity contribution is 0.399. The van der Waals surface area contributed by atoms with Crippen LogP contribution in [0.1, 0.15) is 81.4 Å². The molecule has 0 saturated heterocycles. The minimum Gasteiger partial charge on any atom is -0.310 e. The molecule has 1 heteroatoms. The summed E-state index contributed by atoms with van der Waals surface area (Å²) in [7, 11) is 0. The van der Waals surface area contributed by atoms with Gasteiger partial charge in [-0.2, -0.15) is 0 Å². The Morgan fingerprint density at radius 1 is 1.00 bits per heavy atom. The summed E-state index contributed by atoms with van der Waals surface area (Å²) >= 11 is 0. The first-order valence-corrected chi connectivity index (χ1v) is 8.70. The fourth-order valence-corrected chi connectivity index (χ4v) is 3.91. The molecule has 1 aromatic carbocycles. The van der Waals surface area contributed by atoms with E-state index in [0.717, 1.165) is 18.4 Å². The Bertz CT molecular complexity index is 398. The summed E-state index contributed by atoms with van der Waals surface area (Å²) in [5.41, 5.74) is 3.07. The lowest BCUT2D eigenvalue weighted by Crippen LogP contribution is -2.23. The van der Waals surface area contributed by atoms with Crippen molar-refractivity contribution in [2.45, 2.75) is 70.3 Å². The maximum Gasteiger partial charge on any atom is 0.0322 e. The van der Waals surface area contributed by atoms with Gasteiger partial charge in [0.25, 0.3) is 0 Å². The van der Waals surface area contributed by atoms with Gasteiger partial charge in [-0.15, -0.1) is 0 Å². The van der Waals surface area contributed by atoms with Crippen LogP contribution in [0.15, 0.2) is 24.3 Å². The lowest BCUT2D eigenvalue weighted by Gasteiger charge is -2.27. The Kier molecular flexibility index (Phi) is 4.77. The van der Waals surface area contributed by atoms with Crippen molar-refractivity contribution >= 4 is 0 Å². The summed E-state index contributed by atoms with van der Waals surface area (Å²) in [6.07, 6.45) is 11.3. The van der Waals surface area contributed by atoms with Crippen molar-refractivity contribution in [3.63, 3.8) is 0 Å². The summed E-state index contributed by atoms with van der Waals surface area (Å²) in [6.45, 7) is 3.30. The number of hydrogen-bond acceptors (Lipinski definition) is 1. The van der Waals surface area contributed by atoms with Gasteiger partial charge in [0.1, 0.15) is 0 Å². The predicted octanol–water partition coefficient (Wildman–Crippen LogP) is 5.19. The maximum atomic E-state index is 3.70. The van der Waals surface area contributed by atoms with E-state index in [-0.39, 0.29) is 0 Å². The van der Waals surface area contributed by atoms with Crippen LogP contribution in [0.3, 0.4) is 0 Å². The molecule has 2 aliphatic rings. The zero-order valence-electron chi connectivity index (χ0n) is 12.9. The lowest BCUT2D eigenvalue weighted by atomic mass is 9.79. The van der Waals surface area contributed by atoms with Crippen LogP contribution in [0.4, 0.5) is 0 Å². The summed E-state index contributed by atoms with van der Waals surface area (Å²) in [5.74, 6) is 1.81. The highest BCUT2D eigenvalue weighted by Gasteiger charge is 2.22. The molecule has 0 bridgehead atoms. The number of hydrogen-bond donors (Lipinski definition) is 1. The van der Waals surface area contributed by atoms with Gasteiger partial charge in [0.2, 0.25) is 0 Å². The van der Waals surface area contributed by atoms with Gasteiger partial charge in [0, 0.05) is 6.04 Å². The van der Waals surface area contributed by atoms with Crippen LogP contribution >= 0.6 is 0 Å². The van der Waals surface area contributed by atoms with E-state index in [1.54, 1.807) is 5.56 Å². The molecule has 3 rings (SSSR count). The first kappa shape index (κ1) is 14.1. The fraction of sp³-hybridized carbons (Fsp3) is 0.684. The predicted molar refractivity (Wildman–Crippen MR) is 86.0 cm³/mol. The molecule has 0 amide bonds. The Morgan fingerprint density at radius 2 is 1.70 bits per heavy atom. The second-order valence-electron chi connectivity index (χ2n) is 6.79. The molecule has 0 spiro atoms. The van der Waals surface area contributed by atoms with Gasteiger partial charge in [-0.05, 0) is 48.8 Å². The van der Waals surface area contributed by atoms with Crippen LogP contribution in [-0.4, -0.2) is 6.54 Å². The van der Waals surface area contributed by atoms with E-state index in [2.05, 4.69) is 36.5 Å². The average molecular weight is 271 g/mol. The molecule has 0 heterocycles. The van der Waals surface area contributed by atoms with Crippen LogP contribution in [-0.2, 0) is 0 Å². The van der Waals surface area contributed by atoms with Gasteiger partial charge in [-0.3, -0.25) is 0 Å². The highest BCUT2D eigenvalue weighted by Crippen LogP contribution is 2.37. The summed E-state index contributed by atoms with van der Waals surface area (Å²) < 4.78 is 0. The molecule has 0 radical (unpaired) electrons. The fourth-order valence-electron chi connectivity index (χ4n) is 3.91. The molecule has 0 aromatic heterocycles. The number of nitrogens with one attached hydrogen (secondary N) is 1. The topological polar surface area (TPSA) is 12.0 Å². The second kappa shape index (κ2) is 6.76. The normalized spacial score (nSPS) is 21.9. The van der Waals surface area contributed by atoms with Crippen molar-refractivity contribution in [3.05, 3.63) is 35.4 Å². The van der Waals surface area contributed by atoms with E-state index >= 15 is 0 Å². The van der Waals surface area contributed by atoms with Gasteiger partial charge in [0.05, 0.1) is 0 Å². The van der Waals surface area contributed by atoms with Gasteiger partial charge in [-0.1, -0.05) is 63.3 Å². The van der Waals surface area contributed by atoms with Crippen LogP contribution in [0.2, 0.25) is 0 Å². The first-order chi connectivity index (χ1) is 9.86. The van der Waals surface area contributed by atoms with Crippen LogP contribution < -0.4 is 5.32 Å². The van der Waals surface area contributed by atoms with E-state index in [1.807, 2.05) is 0 Å². The van der Waals surface area contributed by atoms with E-state index < -0.39 is 0 Å². The van der Waals surface area contributed by atoms with Crippen molar-refractivity contribution in [3.8, 4) is 0 Å². The van der Waals surface area contributed by atoms with Crippen LogP contribution in [0.5, 0.6) is 0 Å². The molecule has 2 saturated carbocycles. The third-order valence-electron chi connectivity index (χ3n) is 5.41. The van der Waals surface area contributed by atoms with E-state index in [4.69, 9.17) is 0 Å². The number of rotatable bonds is 6. The van der Waals surface area contributed by atoms with Crippen molar-refractivity contribution in [2.75, 3.05) is 6.54 Å². The summed E-state index contributed by atoms with van der Waals surface area (Å²) in [6, 6.07) is 10.1. The smallest absolute Gasteiger partial charge is 0.0322 e. The minimum atomic E-state index is 0.568. The van der Waals surface area contributed by atoms with E-state index in [0.29, 0.717) is 6.04 Å². The first-order valence-electron chi connectivity index (χ1n) is 8.70. The van der Waals surface area contributed by atoms with Crippen molar-refractivity contribution < 1.29 is 0 Å². The highest BCUT2D eigenvalue weighted by molar-refractivity contribution is 5.28. The largest absolute Gasteiger partial charge is 0.310 e. The van der Waals surface area contributed by atoms with Crippen molar-refractivity contribution in [1.82, 2.24) is 5.32 Å². The van der Waals surface area contributed by atoms with Gasteiger partial charge in [0.15, 0.2) is 0 Å².